The van der Waals surface area contributed by atoms with Gasteiger partial charge in [0.2, 0.25) is 0 Å². The Morgan fingerprint density at radius 1 is 1.58 bits per heavy atom. The van der Waals surface area contributed by atoms with Gasteiger partial charge in [0.25, 0.3) is 0 Å². The van der Waals surface area contributed by atoms with Crippen LogP contribution in [0.3, 0.4) is 0 Å². The minimum atomic E-state index is -0.179. The van der Waals surface area contributed by atoms with Gasteiger partial charge >= 0.3 is 5.97 Å². The molecule has 0 radical (unpaired) electrons. The van der Waals surface area contributed by atoms with Crippen LogP contribution in [0.15, 0.2) is 11.7 Å². The molecule has 1 unspecified atom stereocenters. The lowest BCUT2D eigenvalue weighted by molar-refractivity contribution is -0.145. The van der Waals surface area contributed by atoms with E-state index in [1.807, 2.05) is 13.1 Å². The van der Waals surface area contributed by atoms with Crippen molar-refractivity contribution in [1.82, 2.24) is 9.97 Å². The fourth-order valence-corrected chi connectivity index (χ4v) is 4.16. The molecule has 1 aliphatic carbocycles. The number of nitrogens with zero attached hydrogens (tertiary/aromatic N) is 2. The minimum absolute atomic E-state index is 0.135. The first-order chi connectivity index (χ1) is 9.29. The molecule has 3 rings (SSSR count). The summed E-state index contributed by atoms with van der Waals surface area (Å²) < 4.78 is 5.15. The molecular weight excluding hydrogens is 280 g/mol. The van der Waals surface area contributed by atoms with Crippen LogP contribution in [-0.2, 0) is 16.0 Å². The van der Waals surface area contributed by atoms with E-state index in [4.69, 9.17) is 4.74 Å². The van der Waals surface area contributed by atoms with E-state index in [9.17, 15) is 4.79 Å². The number of rotatable bonds is 3. The maximum atomic E-state index is 12.0. The summed E-state index contributed by atoms with van der Waals surface area (Å²) in [5, 5.41) is 0.976. The summed E-state index contributed by atoms with van der Waals surface area (Å²) >= 11 is 3.26. The number of ether oxygens (including phenoxy) is 1. The lowest BCUT2D eigenvalue weighted by Crippen LogP contribution is -2.20. The van der Waals surface area contributed by atoms with Crippen molar-refractivity contribution in [3.63, 3.8) is 0 Å². The Hall–Kier alpha value is -1.27. The molecule has 1 aliphatic rings. The molecule has 0 bridgehead atoms. The first kappa shape index (κ1) is 12.7. The maximum absolute atomic E-state index is 12.0. The zero-order valence-electron chi connectivity index (χ0n) is 10.6. The topological polar surface area (TPSA) is 52.1 Å². The summed E-state index contributed by atoms with van der Waals surface area (Å²) in [4.78, 5) is 23.0. The molecule has 0 amide bonds. The zero-order chi connectivity index (χ0) is 13.2. The molecule has 0 spiro atoms. The molecule has 0 saturated carbocycles. The number of esters is 1. The fraction of sp³-hybridized carbons (Fsp3) is 0.462. The third-order valence-corrected chi connectivity index (χ3v) is 5.24. The monoisotopic (exact) mass is 294 g/mol. The lowest BCUT2D eigenvalue weighted by atomic mass is 9.91. The molecule has 0 aromatic carbocycles. The van der Waals surface area contributed by atoms with Crippen LogP contribution in [0.4, 0.5) is 0 Å². The minimum Gasteiger partial charge on any atom is -0.465 e. The van der Waals surface area contributed by atoms with Gasteiger partial charge in [0, 0.05) is 11.1 Å². The normalized spacial score (nSPS) is 18.1. The maximum Gasteiger partial charge on any atom is 0.315 e. The molecule has 0 N–H and O–H groups in total. The first-order valence-electron chi connectivity index (χ1n) is 6.34. The number of carbonyl (C=O) groups is 1. The molecule has 1 atom stereocenters. The summed E-state index contributed by atoms with van der Waals surface area (Å²) in [6.07, 6.45) is 4.72. The molecule has 6 heteroatoms. The quantitative estimate of drug-likeness (QED) is 0.815. The van der Waals surface area contributed by atoms with Gasteiger partial charge < -0.3 is 4.74 Å². The summed E-state index contributed by atoms with van der Waals surface area (Å²) in [5.74, 6) is -0.314. The highest BCUT2D eigenvalue weighted by Gasteiger charge is 2.31. The van der Waals surface area contributed by atoms with Gasteiger partial charge in [-0.15, -0.1) is 22.7 Å². The summed E-state index contributed by atoms with van der Waals surface area (Å²) in [5.41, 5.74) is 2.73. The number of hydrogen-bond donors (Lipinski definition) is 0. The molecule has 0 saturated heterocycles. The Bertz CT molecular complexity index is 577. The SMILES string of the molecule is CCOC(=O)C1CCCc2sc(-c3cncs3)nc21. The van der Waals surface area contributed by atoms with Crippen LogP contribution < -0.4 is 0 Å². The van der Waals surface area contributed by atoms with Gasteiger partial charge in [-0.05, 0) is 26.2 Å². The van der Waals surface area contributed by atoms with E-state index in [1.54, 1.807) is 28.2 Å². The van der Waals surface area contributed by atoms with E-state index in [0.717, 1.165) is 34.8 Å². The van der Waals surface area contributed by atoms with E-state index in [-0.39, 0.29) is 11.9 Å². The smallest absolute Gasteiger partial charge is 0.315 e. The summed E-state index contributed by atoms with van der Waals surface area (Å²) in [6.45, 7) is 2.27. The average Bonchev–Trinajstić information content (AvgIpc) is 3.06. The van der Waals surface area contributed by atoms with Crippen LogP contribution in [0.5, 0.6) is 0 Å². The van der Waals surface area contributed by atoms with E-state index >= 15 is 0 Å². The van der Waals surface area contributed by atoms with Crippen LogP contribution in [0.25, 0.3) is 9.88 Å². The molecule has 19 heavy (non-hydrogen) atoms. The number of carbonyl (C=O) groups excluding carboxylic acids is 1. The van der Waals surface area contributed by atoms with Crippen molar-refractivity contribution in [3.8, 4) is 9.88 Å². The second kappa shape index (κ2) is 5.38. The third kappa shape index (κ3) is 2.42. The first-order valence-corrected chi connectivity index (χ1v) is 8.04. The summed E-state index contributed by atoms with van der Waals surface area (Å²) in [6, 6.07) is 0. The number of aryl methyl sites for hydroxylation is 1. The predicted molar refractivity (Wildman–Crippen MR) is 75.5 cm³/mol. The van der Waals surface area contributed by atoms with Gasteiger partial charge in [0.05, 0.1) is 22.7 Å². The standard InChI is InChI=1S/C13H14N2O2S2/c1-2-17-13(16)8-4-3-5-9-11(8)15-12(19-9)10-6-14-7-18-10/h6-8H,2-5H2,1H3. The van der Waals surface area contributed by atoms with Crippen molar-refractivity contribution in [1.29, 1.82) is 0 Å². The van der Waals surface area contributed by atoms with Crippen LogP contribution in [0, 0.1) is 0 Å². The largest absolute Gasteiger partial charge is 0.465 e. The van der Waals surface area contributed by atoms with Gasteiger partial charge in [0.1, 0.15) is 10.9 Å². The molecule has 2 aromatic heterocycles. The van der Waals surface area contributed by atoms with Gasteiger partial charge in [-0.1, -0.05) is 0 Å². The molecule has 2 heterocycles. The second-order valence-electron chi connectivity index (χ2n) is 4.39. The van der Waals surface area contributed by atoms with E-state index < -0.39 is 0 Å². The molecule has 0 fully saturated rings. The van der Waals surface area contributed by atoms with Crippen molar-refractivity contribution in [2.24, 2.45) is 0 Å². The van der Waals surface area contributed by atoms with Gasteiger partial charge in [-0.3, -0.25) is 9.78 Å². The van der Waals surface area contributed by atoms with Crippen molar-refractivity contribution in [2.45, 2.75) is 32.1 Å². The number of hydrogen-bond acceptors (Lipinski definition) is 6. The van der Waals surface area contributed by atoms with Crippen LogP contribution >= 0.6 is 22.7 Å². The zero-order valence-corrected chi connectivity index (χ0v) is 12.2. The van der Waals surface area contributed by atoms with E-state index in [2.05, 4.69) is 9.97 Å². The van der Waals surface area contributed by atoms with Gasteiger partial charge in [-0.2, -0.15) is 0 Å². The number of fused-ring (bicyclic) bond motifs is 1. The number of thiazole rings is 2. The van der Waals surface area contributed by atoms with Gasteiger partial charge in [0.15, 0.2) is 0 Å². The van der Waals surface area contributed by atoms with Crippen molar-refractivity contribution >= 4 is 28.6 Å². The van der Waals surface area contributed by atoms with Crippen molar-refractivity contribution in [2.75, 3.05) is 6.61 Å². The van der Waals surface area contributed by atoms with Crippen molar-refractivity contribution in [3.05, 3.63) is 22.3 Å². The predicted octanol–water partition coefficient (Wildman–Crippen LogP) is 3.25. The Morgan fingerprint density at radius 2 is 2.47 bits per heavy atom. The Balaban J connectivity index is 1.94. The Labute approximate surface area is 119 Å². The molecule has 0 aliphatic heterocycles. The molecular formula is C13H14N2O2S2. The number of aromatic nitrogens is 2. The second-order valence-corrected chi connectivity index (χ2v) is 6.36. The highest BCUT2D eigenvalue weighted by Crippen LogP contribution is 2.39. The molecule has 4 nitrogen and oxygen atoms in total. The highest BCUT2D eigenvalue weighted by atomic mass is 32.1. The average molecular weight is 294 g/mol. The van der Waals surface area contributed by atoms with Crippen molar-refractivity contribution < 1.29 is 9.53 Å². The molecule has 100 valence electrons. The lowest BCUT2D eigenvalue weighted by Gasteiger charge is -2.19. The van der Waals surface area contributed by atoms with E-state index in [1.165, 1.54) is 4.88 Å². The van der Waals surface area contributed by atoms with Gasteiger partial charge in [-0.25, -0.2) is 4.98 Å². The van der Waals surface area contributed by atoms with Crippen LogP contribution in [0.2, 0.25) is 0 Å². The Kier molecular flexibility index (Phi) is 3.61. The van der Waals surface area contributed by atoms with Crippen LogP contribution in [-0.4, -0.2) is 22.5 Å². The Morgan fingerprint density at radius 3 is 3.21 bits per heavy atom. The fourth-order valence-electron chi connectivity index (χ4n) is 2.32. The van der Waals surface area contributed by atoms with Crippen LogP contribution in [0.1, 0.15) is 36.3 Å². The van der Waals surface area contributed by atoms with E-state index in [0.29, 0.717) is 6.61 Å². The summed E-state index contributed by atoms with van der Waals surface area (Å²) in [7, 11) is 0. The highest BCUT2D eigenvalue weighted by molar-refractivity contribution is 7.20. The molecule has 2 aromatic rings. The third-order valence-electron chi connectivity index (χ3n) is 3.17.